The number of rotatable bonds is 17. The summed E-state index contributed by atoms with van der Waals surface area (Å²) in [7, 11) is 0. The molecule has 0 aliphatic rings. The molecule has 0 aliphatic heterocycles. The van der Waals surface area contributed by atoms with Gasteiger partial charge in [0.15, 0.2) is 0 Å². The van der Waals surface area contributed by atoms with Gasteiger partial charge in [0.25, 0.3) is 0 Å². The number of nitrogens with zero attached hydrogens (tertiary/aromatic N) is 8. The number of ether oxygens (including phenoxy) is 5. The molecule has 0 radical (unpaired) electrons. The predicted octanol–water partition coefficient (Wildman–Crippen LogP) is 17.5. The number of aromatic carboxylic acids is 1. The van der Waals surface area contributed by atoms with E-state index in [1.54, 1.807) is 73.1 Å². The van der Waals surface area contributed by atoms with Crippen LogP contribution in [0.1, 0.15) is 102 Å². The minimum atomic E-state index is -1.10. The quantitative estimate of drug-likeness (QED) is 0.0645. The van der Waals surface area contributed by atoms with Crippen molar-refractivity contribution >= 4 is 61.5 Å². The van der Waals surface area contributed by atoms with Gasteiger partial charge in [0, 0.05) is 42.4 Å². The number of carbonyl (C=O) groups excluding carboxylic acids is 2. The first-order valence-electron chi connectivity index (χ1n) is 31.8. The minimum Gasteiger partial charge on any atom is -0.478 e. The molecule has 5 aromatic carbocycles. The average molecular weight is 1480 g/mol. The molecule has 103 heavy (non-hydrogen) atoms. The number of esters is 1. The van der Waals surface area contributed by atoms with Gasteiger partial charge in [0.1, 0.15) is 84.1 Å². The smallest absolute Gasteiger partial charge is 0.342 e. The summed E-state index contributed by atoms with van der Waals surface area (Å²) in [5, 5.41) is 29.5. The molecule has 0 bridgehead atoms. The molecule has 0 atom stereocenters. The van der Waals surface area contributed by atoms with Crippen molar-refractivity contribution in [2.75, 3.05) is 11.9 Å². The van der Waals surface area contributed by atoms with E-state index in [2.05, 4.69) is 41.6 Å². The Balaban J connectivity index is 0.000000149. The van der Waals surface area contributed by atoms with Crippen LogP contribution in [-0.4, -0.2) is 68.0 Å². The van der Waals surface area contributed by atoms with Crippen molar-refractivity contribution in [1.29, 1.82) is 0 Å². The van der Waals surface area contributed by atoms with Crippen LogP contribution in [0.2, 0.25) is 0 Å². The lowest BCUT2D eigenvalue weighted by Crippen LogP contribution is -2.07. The highest BCUT2D eigenvalue weighted by Gasteiger charge is 2.24. The van der Waals surface area contributed by atoms with Gasteiger partial charge in [0.2, 0.25) is 29.4 Å². The largest absolute Gasteiger partial charge is 0.478 e. The molecule has 8 heterocycles. The molecule has 13 rings (SSSR count). The lowest BCUT2D eigenvalue weighted by Gasteiger charge is -2.11. The van der Waals surface area contributed by atoms with Crippen LogP contribution in [0.15, 0.2) is 150 Å². The number of aromatic nitrogens is 8. The Kier molecular flexibility index (Phi) is 23.0. The second kappa shape index (κ2) is 31.9. The fraction of sp³-hybridized carbons (Fsp3) is 0.197. The van der Waals surface area contributed by atoms with Gasteiger partial charge < -0.3 is 34.1 Å². The molecule has 0 unspecified atom stereocenters. The summed E-state index contributed by atoms with van der Waals surface area (Å²) in [6, 6.07) is 36.4. The third kappa shape index (κ3) is 16.7. The van der Waals surface area contributed by atoms with Gasteiger partial charge in [-0.1, -0.05) is 36.4 Å². The summed E-state index contributed by atoms with van der Waals surface area (Å²) >= 11 is 3.48. The van der Waals surface area contributed by atoms with E-state index in [1.165, 1.54) is 76.6 Å². The van der Waals surface area contributed by atoms with Crippen LogP contribution in [0.5, 0.6) is 23.5 Å². The monoisotopic (exact) mass is 1480 g/mol. The summed E-state index contributed by atoms with van der Waals surface area (Å²) < 4.78 is 145. The van der Waals surface area contributed by atoms with E-state index >= 15 is 0 Å². The molecular weight excluding hydrogens is 1410 g/mol. The van der Waals surface area contributed by atoms with E-state index in [0.717, 1.165) is 72.4 Å². The summed E-state index contributed by atoms with van der Waals surface area (Å²) in [6.07, 6.45) is 0. The maximum absolute atomic E-state index is 14.0. The first-order valence-corrected chi connectivity index (χ1v) is 32.6. The maximum atomic E-state index is 14.0. The number of hydrogen-bond donors (Lipinski definition) is 2. The molecule has 532 valence electrons. The van der Waals surface area contributed by atoms with Gasteiger partial charge in [-0.05, 0) is 191 Å². The number of carboxylic acid groups (broad SMARTS) is 1. The van der Waals surface area contributed by atoms with Crippen LogP contribution in [-0.2, 0) is 36.0 Å². The highest BCUT2D eigenvalue weighted by Crippen LogP contribution is 2.35. The van der Waals surface area contributed by atoms with Gasteiger partial charge in [-0.25, -0.2) is 49.2 Å². The highest BCUT2D eigenvalue weighted by atomic mass is 79.9. The van der Waals surface area contributed by atoms with Crippen LogP contribution in [0, 0.1) is 102 Å². The Morgan fingerprint density at radius 1 is 0.427 bits per heavy atom. The first-order chi connectivity index (χ1) is 49.1. The number of carbonyl (C=O) groups is 3. The average Bonchev–Trinajstić information content (AvgIpc) is 1.65. The predicted molar refractivity (Wildman–Crippen MR) is 372 cm³/mol. The van der Waals surface area contributed by atoms with Crippen molar-refractivity contribution in [2.45, 2.75) is 95.7 Å². The Hall–Kier alpha value is -11.6. The van der Waals surface area contributed by atoms with Crippen molar-refractivity contribution < 1.29 is 78.3 Å². The Morgan fingerprint density at radius 3 is 1.13 bits per heavy atom. The zero-order valence-electron chi connectivity index (χ0n) is 57.1. The fourth-order valence-electron chi connectivity index (χ4n) is 11.1. The van der Waals surface area contributed by atoms with Crippen LogP contribution >= 0.6 is 15.9 Å². The van der Waals surface area contributed by atoms with Crippen LogP contribution in [0.4, 0.5) is 40.8 Å². The van der Waals surface area contributed by atoms with Crippen LogP contribution < -0.4 is 24.3 Å². The van der Waals surface area contributed by atoms with Crippen molar-refractivity contribution in [3.8, 4) is 34.6 Å². The summed E-state index contributed by atoms with van der Waals surface area (Å²) in [4.78, 5) is 35.0. The summed E-state index contributed by atoms with van der Waals surface area (Å²) in [5.41, 5.74) is 10.6. The molecule has 27 heteroatoms. The number of aryl methyl sites for hydroxylation is 8. The number of nitrogens with one attached hydrogen (secondary N) is 1. The lowest BCUT2D eigenvalue weighted by atomic mass is 10.0. The third-order valence-electron chi connectivity index (χ3n) is 15.9. The van der Waals surface area contributed by atoms with Crippen molar-refractivity contribution in [2.24, 2.45) is 0 Å². The minimum absolute atomic E-state index is 0.0700. The normalized spacial score (nSPS) is 11.0. The number of carboxylic acids is 1. The van der Waals surface area contributed by atoms with Gasteiger partial charge in [0.05, 0.1) is 78.2 Å². The van der Waals surface area contributed by atoms with Gasteiger partial charge in [-0.2, -0.15) is 33.9 Å². The van der Waals surface area contributed by atoms with Crippen LogP contribution in [0.3, 0.4) is 0 Å². The molecular formula is C76H66BrF8N9O9. The number of anilines is 1. The number of amides is 1. The molecule has 0 aliphatic carbocycles. The van der Waals surface area contributed by atoms with Gasteiger partial charge >= 0.3 is 11.9 Å². The van der Waals surface area contributed by atoms with E-state index in [1.807, 2.05) is 71.0 Å². The van der Waals surface area contributed by atoms with Crippen molar-refractivity contribution in [3.63, 3.8) is 0 Å². The summed E-state index contributed by atoms with van der Waals surface area (Å²) in [5.74, 6) is -5.76. The maximum Gasteiger partial charge on any atom is 0.342 e. The standard InChI is InChI=1S/C24H21F2N3O2.C19H18F2N2O3.C17H14F2N2O3.C16H13BrF2N2O/c1-14-10-22-24(17-6-4-7-18(12-17)27-16(3)30)15(2)28-29(22)23(11-14)31-13-19-20(25)8-5-9-21(19)26;1-4-25-19(24)18-12(3)22-23-16(18)8-11(2)9-17(23)26-10-13-14(20)6-5-7-15(13)21;1-9-6-14-16(17(22)23)10(2)20-21(14)15(7-9)24-8-11-12(18)4-3-5-13(11)19;1-9-6-14-16(17)10(2)20-21(14)15(7-9)22-8-11-12(18)4-3-5-13(11)19/h4-12H,13H2,1-3H3,(H,27,30);5-9H,4,10H2,1-3H3;3-7H,8H2,1-2H3,(H,22,23);3-7H,8H2,1-2H3. The Labute approximate surface area is 592 Å². The molecule has 0 saturated carbocycles. The SMILES string of the molecule is CC(=O)Nc1cccc(-c2c(C)nn3c(OCc4c(F)cccc4F)cc(C)cc23)c1.CCOC(=O)c1c(C)nn2c(OCc3c(F)cccc3F)cc(C)cc12.Cc1cc(OCc2c(F)cccc2F)n2nc(C)c(Br)c2c1.Cc1cc(OCc2c(F)cccc2F)n2nc(C)c(C(=O)O)c2c1. The number of halogens is 9. The first kappa shape index (κ1) is 74.1. The molecule has 0 fully saturated rings. The van der Waals surface area contributed by atoms with E-state index < -0.39 is 58.5 Å². The second-order valence-corrected chi connectivity index (χ2v) is 24.5. The zero-order valence-corrected chi connectivity index (χ0v) is 58.7. The number of pyridine rings is 4. The van der Waals surface area contributed by atoms with E-state index in [0.29, 0.717) is 45.4 Å². The van der Waals surface area contributed by atoms with E-state index in [-0.39, 0.29) is 78.5 Å². The van der Waals surface area contributed by atoms with Gasteiger partial charge in [-0.15, -0.1) is 0 Å². The number of fused-ring (bicyclic) bond motifs is 4. The molecule has 13 aromatic rings. The molecule has 1 amide bonds. The van der Waals surface area contributed by atoms with Crippen molar-refractivity contribution in [3.05, 3.63) is 275 Å². The fourth-order valence-corrected chi connectivity index (χ4v) is 11.5. The molecule has 0 saturated heterocycles. The number of benzene rings is 5. The van der Waals surface area contributed by atoms with E-state index in [9.17, 15) is 54.6 Å². The van der Waals surface area contributed by atoms with Crippen LogP contribution in [0.25, 0.3) is 33.2 Å². The molecule has 18 nitrogen and oxygen atoms in total. The lowest BCUT2D eigenvalue weighted by molar-refractivity contribution is -0.114. The molecule has 0 spiro atoms. The molecule has 2 N–H and O–H groups in total. The highest BCUT2D eigenvalue weighted by molar-refractivity contribution is 9.10. The third-order valence-corrected chi connectivity index (χ3v) is 16.9. The topological polar surface area (TPSA) is 199 Å². The van der Waals surface area contributed by atoms with Gasteiger partial charge in [-0.3, -0.25) is 4.79 Å². The Bertz CT molecular complexity index is 5330. The zero-order chi connectivity index (χ0) is 74.2. The van der Waals surface area contributed by atoms with Crippen molar-refractivity contribution in [1.82, 2.24) is 38.5 Å². The molecule has 8 aromatic heterocycles. The number of hydrogen-bond acceptors (Lipinski definition) is 12. The Morgan fingerprint density at radius 2 is 0.748 bits per heavy atom. The second-order valence-electron chi connectivity index (χ2n) is 23.7. The summed E-state index contributed by atoms with van der Waals surface area (Å²) in [6.45, 7) is 16.8. The van der Waals surface area contributed by atoms with E-state index in [4.69, 9.17) is 23.7 Å².